The Morgan fingerprint density at radius 2 is 1.79 bits per heavy atom. The van der Waals surface area contributed by atoms with Gasteiger partial charge in [-0.15, -0.1) is 0 Å². The largest absolute Gasteiger partial charge is 0.486 e. The van der Waals surface area contributed by atoms with Crippen LogP contribution >= 0.6 is 34.5 Å². The smallest absolute Gasteiger partial charge is 0.274 e. The third kappa shape index (κ3) is 4.04. The Morgan fingerprint density at radius 3 is 2.48 bits per heavy atom. The number of aromatic nitrogens is 2. The second kappa shape index (κ2) is 8.47. The average molecular weight is 498 g/mol. The molecule has 5 rings (SSSR count). The number of nitro groups is 1. The highest BCUT2D eigenvalue weighted by molar-refractivity contribution is 7.15. The van der Waals surface area contributed by atoms with Gasteiger partial charge in [0.2, 0.25) is 0 Å². The van der Waals surface area contributed by atoms with Crippen molar-refractivity contribution in [2.45, 2.75) is 6.61 Å². The predicted octanol–water partition coefficient (Wildman–Crippen LogP) is 5.25. The van der Waals surface area contributed by atoms with Crippen LogP contribution in [-0.4, -0.2) is 14.3 Å². The summed E-state index contributed by atoms with van der Waals surface area (Å²) in [4.78, 5) is 28.4. The van der Waals surface area contributed by atoms with Gasteiger partial charge >= 0.3 is 0 Å². The van der Waals surface area contributed by atoms with Crippen molar-refractivity contribution in [3.8, 4) is 5.75 Å². The lowest BCUT2D eigenvalue weighted by molar-refractivity contribution is -0.384. The van der Waals surface area contributed by atoms with Crippen molar-refractivity contribution in [3.63, 3.8) is 0 Å². The summed E-state index contributed by atoms with van der Waals surface area (Å²) < 4.78 is 7.85. The molecule has 0 unspecified atom stereocenters. The van der Waals surface area contributed by atoms with Crippen LogP contribution in [0.15, 0.2) is 65.5 Å². The second-order valence-corrected chi connectivity index (χ2v) is 8.98. The molecule has 3 aromatic carbocycles. The molecule has 0 amide bonds. The van der Waals surface area contributed by atoms with E-state index in [9.17, 15) is 14.9 Å². The van der Waals surface area contributed by atoms with Crippen molar-refractivity contribution in [2.75, 3.05) is 0 Å². The maximum atomic E-state index is 12.9. The molecule has 0 saturated carbocycles. The topological polar surface area (TPSA) is 86.7 Å². The van der Waals surface area contributed by atoms with Crippen LogP contribution in [0, 0.1) is 10.1 Å². The van der Waals surface area contributed by atoms with E-state index in [2.05, 4.69) is 4.98 Å². The summed E-state index contributed by atoms with van der Waals surface area (Å²) in [6.07, 6.45) is 1.72. The van der Waals surface area contributed by atoms with Crippen LogP contribution in [0.1, 0.15) is 11.1 Å². The number of fused-ring (bicyclic) bond motifs is 3. The third-order valence-electron chi connectivity index (χ3n) is 4.99. The van der Waals surface area contributed by atoms with Gasteiger partial charge in [0.05, 0.1) is 30.5 Å². The van der Waals surface area contributed by atoms with Crippen molar-refractivity contribution in [3.05, 3.63) is 107 Å². The van der Waals surface area contributed by atoms with Crippen molar-refractivity contribution in [2.24, 2.45) is 0 Å². The van der Waals surface area contributed by atoms with Crippen molar-refractivity contribution < 1.29 is 9.66 Å². The molecule has 0 radical (unpaired) electrons. The number of para-hydroxylation sites is 2. The monoisotopic (exact) mass is 497 g/mol. The lowest BCUT2D eigenvalue weighted by Gasteiger charge is -2.11. The molecule has 7 nitrogen and oxygen atoms in total. The van der Waals surface area contributed by atoms with E-state index in [1.165, 1.54) is 23.5 Å². The molecule has 5 aromatic rings. The molecule has 164 valence electrons. The van der Waals surface area contributed by atoms with Crippen molar-refractivity contribution in [1.82, 2.24) is 9.38 Å². The molecule has 0 bridgehead atoms. The molecule has 2 aromatic heterocycles. The van der Waals surface area contributed by atoms with Crippen LogP contribution < -0.4 is 14.8 Å². The van der Waals surface area contributed by atoms with Crippen molar-refractivity contribution in [1.29, 1.82) is 0 Å². The lowest BCUT2D eigenvalue weighted by Crippen LogP contribution is -2.22. The zero-order chi connectivity index (χ0) is 23.1. The minimum atomic E-state index is -0.464. The summed E-state index contributed by atoms with van der Waals surface area (Å²) in [5, 5.41) is 11.3. The lowest BCUT2D eigenvalue weighted by atomic mass is 10.2. The van der Waals surface area contributed by atoms with E-state index in [1.54, 1.807) is 34.7 Å². The summed E-state index contributed by atoms with van der Waals surface area (Å²) in [6, 6.07) is 16.8. The maximum absolute atomic E-state index is 12.9. The fourth-order valence-corrected chi connectivity index (χ4v) is 5.03. The first-order chi connectivity index (χ1) is 15.9. The van der Waals surface area contributed by atoms with Crippen LogP contribution in [0.25, 0.3) is 22.1 Å². The number of halogens is 2. The fourth-order valence-electron chi connectivity index (χ4n) is 3.43. The Bertz CT molecular complexity index is 1620. The standard InChI is InChI=1S/C23H13Cl2N3O4S/c24-16-9-14(10-17(25)21(16)32-12-13-5-7-15(8-6-13)28(30)31)11-20-22(29)27-19-4-2-1-3-18(19)26-23(27)33-20/h1-11H,12H2/b20-11-. The van der Waals surface area contributed by atoms with Gasteiger partial charge in [-0.05, 0) is 53.6 Å². The van der Waals surface area contributed by atoms with E-state index in [0.717, 1.165) is 16.6 Å². The van der Waals surface area contributed by atoms with Gasteiger partial charge in [-0.1, -0.05) is 46.7 Å². The summed E-state index contributed by atoms with van der Waals surface area (Å²) in [5.41, 5.74) is 2.76. The van der Waals surface area contributed by atoms with Gasteiger partial charge in [-0.3, -0.25) is 14.9 Å². The maximum Gasteiger partial charge on any atom is 0.274 e. The minimum absolute atomic E-state index is 0.00134. The van der Waals surface area contributed by atoms with Gasteiger partial charge in [0.1, 0.15) is 6.61 Å². The van der Waals surface area contributed by atoms with E-state index in [1.807, 2.05) is 24.3 Å². The summed E-state index contributed by atoms with van der Waals surface area (Å²) in [7, 11) is 0. The molecular weight excluding hydrogens is 485 g/mol. The normalized spacial score (nSPS) is 12.0. The summed E-state index contributed by atoms with van der Waals surface area (Å²) in [5.74, 6) is 0.295. The molecule has 2 heterocycles. The number of imidazole rings is 1. The Labute approximate surface area is 200 Å². The summed E-state index contributed by atoms with van der Waals surface area (Å²) in [6.45, 7) is 0.139. The van der Waals surface area contributed by atoms with Gasteiger partial charge < -0.3 is 4.74 Å². The zero-order valence-corrected chi connectivity index (χ0v) is 19.0. The van der Waals surface area contributed by atoms with Crippen molar-refractivity contribution >= 4 is 62.3 Å². The van der Waals surface area contributed by atoms with Crippen LogP contribution in [0.5, 0.6) is 5.75 Å². The number of ether oxygens (including phenoxy) is 1. The summed E-state index contributed by atoms with van der Waals surface area (Å²) >= 11 is 14.1. The zero-order valence-electron chi connectivity index (χ0n) is 16.7. The first kappa shape index (κ1) is 21.4. The Hall–Kier alpha value is -3.46. The SMILES string of the molecule is O=c1/c(=C/c2cc(Cl)c(OCc3ccc([N+](=O)[O-])cc3)c(Cl)c2)sc2nc3ccccc3n12. The number of nitro benzene ring substituents is 1. The van der Waals surface area contributed by atoms with E-state index < -0.39 is 4.92 Å². The highest BCUT2D eigenvalue weighted by Crippen LogP contribution is 2.35. The van der Waals surface area contributed by atoms with E-state index in [4.69, 9.17) is 27.9 Å². The first-order valence-electron chi connectivity index (χ1n) is 9.67. The molecule has 0 aliphatic carbocycles. The quantitative estimate of drug-likeness (QED) is 0.244. The average Bonchev–Trinajstić information content (AvgIpc) is 3.29. The minimum Gasteiger partial charge on any atom is -0.486 e. The van der Waals surface area contributed by atoms with Gasteiger partial charge in [0.15, 0.2) is 10.7 Å². The molecule has 10 heteroatoms. The molecule has 0 N–H and O–H groups in total. The molecule has 0 spiro atoms. The highest BCUT2D eigenvalue weighted by Gasteiger charge is 2.13. The van der Waals surface area contributed by atoms with Crippen LogP contribution in [0.3, 0.4) is 0 Å². The molecule has 0 aliphatic rings. The number of non-ortho nitro benzene ring substituents is 1. The Balaban J connectivity index is 1.44. The predicted molar refractivity (Wildman–Crippen MR) is 130 cm³/mol. The number of rotatable bonds is 5. The number of thiazole rings is 1. The van der Waals surface area contributed by atoms with Gasteiger partial charge in [-0.2, -0.15) is 0 Å². The number of benzene rings is 3. The van der Waals surface area contributed by atoms with Gasteiger partial charge in [0, 0.05) is 12.1 Å². The van der Waals surface area contributed by atoms with E-state index >= 15 is 0 Å². The van der Waals surface area contributed by atoms with Gasteiger partial charge in [-0.25, -0.2) is 9.38 Å². The number of hydrogen-bond acceptors (Lipinski definition) is 6. The Kier molecular flexibility index (Phi) is 5.49. The van der Waals surface area contributed by atoms with Gasteiger partial charge in [0.25, 0.3) is 11.2 Å². The molecule has 0 aliphatic heterocycles. The highest BCUT2D eigenvalue weighted by atomic mass is 35.5. The number of hydrogen-bond donors (Lipinski definition) is 0. The first-order valence-corrected chi connectivity index (χ1v) is 11.2. The number of nitrogens with zero attached hydrogens (tertiary/aromatic N) is 3. The Morgan fingerprint density at radius 1 is 1.09 bits per heavy atom. The van der Waals surface area contributed by atoms with Crippen LogP contribution in [0.2, 0.25) is 10.0 Å². The van der Waals surface area contributed by atoms with E-state index in [-0.39, 0.29) is 27.9 Å². The third-order valence-corrected chi connectivity index (χ3v) is 6.52. The molecule has 0 fully saturated rings. The molecule has 0 saturated heterocycles. The van der Waals surface area contributed by atoms with E-state index in [0.29, 0.717) is 20.8 Å². The van der Waals surface area contributed by atoms with Crippen LogP contribution in [0.4, 0.5) is 5.69 Å². The molecular formula is C23H13Cl2N3O4S. The fraction of sp³-hybridized carbons (Fsp3) is 0.0435. The molecule has 0 atom stereocenters. The second-order valence-electron chi connectivity index (χ2n) is 7.16. The van der Waals surface area contributed by atoms with Crippen LogP contribution in [-0.2, 0) is 6.61 Å². The molecule has 33 heavy (non-hydrogen) atoms.